The zero-order chi connectivity index (χ0) is 23.3. The lowest BCUT2D eigenvalue weighted by molar-refractivity contribution is -0.137. The molecule has 0 aromatic carbocycles. The van der Waals surface area contributed by atoms with Gasteiger partial charge in [0, 0.05) is 23.4 Å². The summed E-state index contributed by atoms with van der Waals surface area (Å²) in [6, 6.07) is 3.61. The number of rotatable bonds is 7. The number of hydrogen-bond acceptors (Lipinski definition) is 5. The highest BCUT2D eigenvalue weighted by Gasteiger charge is 2.31. The predicted molar refractivity (Wildman–Crippen MR) is 112 cm³/mol. The number of ether oxygens (including phenoxy) is 1. The van der Waals surface area contributed by atoms with Gasteiger partial charge in [-0.3, -0.25) is 9.79 Å². The van der Waals surface area contributed by atoms with Crippen LogP contribution in [0.3, 0.4) is 0 Å². The lowest BCUT2D eigenvalue weighted by Crippen LogP contribution is -2.22. The maximum Gasteiger partial charge on any atom is 0.417 e. The van der Waals surface area contributed by atoms with Crippen LogP contribution in [0.15, 0.2) is 29.4 Å². The van der Waals surface area contributed by atoms with Crippen LogP contribution in [-0.2, 0) is 11.0 Å². The summed E-state index contributed by atoms with van der Waals surface area (Å²) in [6.07, 6.45) is -3.90. The number of alkyl halides is 3. The molecule has 2 aromatic heterocycles. The second-order valence-electron chi connectivity index (χ2n) is 7.21. The second-order valence-corrected chi connectivity index (χ2v) is 7.62. The number of aromatic nitrogens is 2. The van der Waals surface area contributed by atoms with Crippen LogP contribution in [0.1, 0.15) is 37.6 Å². The number of nitrogens with one attached hydrogen (secondary N) is 1. The molecule has 0 spiro atoms. The van der Waals surface area contributed by atoms with E-state index in [-0.39, 0.29) is 35.2 Å². The van der Waals surface area contributed by atoms with E-state index in [9.17, 15) is 18.0 Å². The third-order valence-electron chi connectivity index (χ3n) is 3.98. The number of amidine groups is 1. The van der Waals surface area contributed by atoms with Crippen molar-refractivity contribution < 1.29 is 22.7 Å². The average Bonchev–Trinajstić information content (AvgIpc) is 2.65. The number of aryl methyl sites for hydroxylation is 1. The number of halogens is 4. The van der Waals surface area contributed by atoms with E-state index in [1.54, 1.807) is 39.8 Å². The summed E-state index contributed by atoms with van der Waals surface area (Å²) in [5, 5.41) is 2.46. The molecule has 0 bridgehead atoms. The minimum Gasteiger partial charge on any atom is -0.474 e. The fourth-order valence-electron chi connectivity index (χ4n) is 2.39. The number of carbonyl (C=O) groups is 1. The molecule has 3 N–H and O–H groups in total. The molecule has 0 fully saturated rings. The number of anilines is 1. The average molecular weight is 458 g/mol. The Morgan fingerprint density at radius 2 is 1.97 bits per heavy atom. The molecule has 31 heavy (non-hydrogen) atoms. The van der Waals surface area contributed by atoms with Crippen molar-refractivity contribution in [1.82, 2.24) is 9.97 Å². The summed E-state index contributed by atoms with van der Waals surface area (Å²) in [5.74, 6) is 0.0279. The van der Waals surface area contributed by atoms with Crippen molar-refractivity contribution in [2.75, 3.05) is 11.9 Å². The van der Waals surface area contributed by atoms with E-state index in [2.05, 4.69) is 20.3 Å². The van der Waals surface area contributed by atoms with Gasteiger partial charge in [0.1, 0.15) is 23.3 Å². The van der Waals surface area contributed by atoms with E-state index in [0.29, 0.717) is 23.3 Å². The van der Waals surface area contributed by atoms with Gasteiger partial charge in [0.05, 0.1) is 11.6 Å². The first kappa shape index (κ1) is 24.4. The largest absolute Gasteiger partial charge is 0.474 e. The highest BCUT2D eigenvalue weighted by Crippen LogP contribution is 2.33. The number of aliphatic imine (C=N–C) groups is 1. The molecule has 7 nitrogen and oxygen atoms in total. The third kappa shape index (κ3) is 7.09. The number of nitrogens with zero attached hydrogens (tertiary/aromatic N) is 3. The van der Waals surface area contributed by atoms with Gasteiger partial charge in [0.25, 0.3) is 0 Å². The van der Waals surface area contributed by atoms with Crippen molar-refractivity contribution in [3.05, 3.63) is 46.2 Å². The third-order valence-corrected chi connectivity index (χ3v) is 4.25. The van der Waals surface area contributed by atoms with Crippen molar-refractivity contribution in [3.8, 4) is 5.88 Å². The molecule has 1 amide bonds. The Labute approximate surface area is 182 Å². The van der Waals surface area contributed by atoms with Crippen LogP contribution >= 0.6 is 11.6 Å². The van der Waals surface area contributed by atoms with Gasteiger partial charge in [-0.2, -0.15) is 13.2 Å². The fraction of sp³-hybridized carbons (Fsp3) is 0.400. The Morgan fingerprint density at radius 3 is 2.55 bits per heavy atom. The molecule has 2 aromatic rings. The summed E-state index contributed by atoms with van der Waals surface area (Å²) in [6.45, 7) is 6.98. The number of pyridine rings is 2. The maximum absolute atomic E-state index is 12.7. The Hall–Kier alpha value is -2.88. The van der Waals surface area contributed by atoms with Crippen LogP contribution in [0, 0.1) is 12.8 Å². The molecule has 168 valence electrons. The minimum absolute atomic E-state index is 0.0141. The highest BCUT2D eigenvalue weighted by atomic mass is 35.5. The van der Waals surface area contributed by atoms with E-state index in [4.69, 9.17) is 22.1 Å². The minimum atomic E-state index is -4.54. The second kappa shape index (κ2) is 9.95. The Balaban J connectivity index is 2.09. The van der Waals surface area contributed by atoms with Gasteiger partial charge >= 0.3 is 6.18 Å². The van der Waals surface area contributed by atoms with Gasteiger partial charge in [-0.1, -0.05) is 25.4 Å². The molecule has 0 aliphatic rings. The fourth-order valence-corrected chi connectivity index (χ4v) is 2.61. The first-order valence-electron chi connectivity index (χ1n) is 9.35. The molecule has 0 aliphatic carbocycles. The Morgan fingerprint density at radius 1 is 1.29 bits per heavy atom. The quantitative estimate of drug-likeness (QED) is 0.478. The smallest absolute Gasteiger partial charge is 0.417 e. The van der Waals surface area contributed by atoms with Crippen molar-refractivity contribution in [1.29, 1.82) is 0 Å². The van der Waals surface area contributed by atoms with E-state index >= 15 is 0 Å². The monoisotopic (exact) mass is 457 g/mol. The molecular weight excluding hydrogens is 435 g/mol. The Bertz CT molecular complexity index is 980. The molecule has 0 unspecified atom stereocenters. The SMILES string of the molecule is Cc1cc(C(N)=N[C@H](C)COc2ncc(C(F)(F)F)cc2Cl)cc(NC(=O)C(C)C)n1. The van der Waals surface area contributed by atoms with Gasteiger partial charge in [0.2, 0.25) is 11.8 Å². The zero-order valence-electron chi connectivity index (χ0n) is 17.4. The lowest BCUT2D eigenvalue weighted by Gasteiger charge is -2.13. The zero-order valence-corrected chi connectivity index (χ0v) is 18.2. The van der Waals surface area contributed by atoms with Crippen molar-refractivity contribution in [3.63, 3.8) is 0 Å². The summed E-state index contributed by atoms with van der Waals surface area (Å²) in [4.78, 5) is 24.1. The molecule has 0 aliphatic heterocycles. The number of hydrogen-bond donors (Lipinski definition) is 2. The summed E-state index contributed by atoms with van der Waals surface area (Å²) in [5.41, 5.74) is 6.31. The molecule has 11 heteroatoms. The number of amides is 1. The molecular formula is C20H23ClF3N5O2. The van der Waals surface area contributed by atoms with Crippen LogP contribution in [-0.4, -0.2) is 34.4 Å². The van der Waals surface area contributed by atoms with Crippen LogP contribution < -0.4 is 15.8 Å². The molecule has 0 saturated carbocycles. The summed E-state index contributed by atoms with van der Waals surface area (Å²) >= 11 is 5.83. The van der Waals surface area contributed by atoms with Gasteiger partial charge in [-0.25, -0.2) is 9.97 Å². The number of nitrogens with two attached hydrogens (primary N) is 1. The van der Waals surface area contributed by atoms with E-state index < -0.39 is 17.8 Å². The summed E-state index contributed by atoms with van der Waals surface area (Å²) < 4.78 is 43.4. The van der Waals surface area contributed by atoms with Gasteiger partial charge in [-0.05, 0) is 32.0 Å². The van der Waals surface area contributed by atoms with Crippen molar-refractivity contribution >= 4 is 29.2 Å². The standard InChI is InChI=1S/C20H23ClF3N5O2/c1-10(2)18(30)29-16-6-13(5-11(3)27-16)17(25)28-12(4)9-31-19-15(21)7-14(8-26-19)20(22,23)24/h5-8,10,12H,9H2,1-4H3,(H2,25,28)(H,27,29,30)/t12-/m1/s1. The van der Waals surface area contributed by atoms with Gasteiger partial charge < -0.3 is 15.8 Å². The van der Waals surface area contributed by atoms with Crippen molar-refractivity contribution in [2.24, 2.45) is 16.6 Å². The van der Waals surface area contributed by atoms with E-state index in [1.165, 1.54) is 0 Å². The summed E-state index contributed by atoms with van der Waals surface area (Å²) in [7, 11) is 0. The molecule has 0 saturated heterocycles. The molecule has 2 heterocycles. The highest BCUT2D eigenvalue weighted by molar-refractivity contribution is 6.31. The first-order chi connectivity index (χ1) is 14.4. The lowest BCUT2D eigenvalue weighted by atomic mass is 10.2. The van der Waals surface area contributed by atoms with E-state index in [0.717, 1.165) is 6.07 Å². The van der Waals surface area contributed by atoms with Crippen molar-refractivity contribution in [2.45, 2.75) is 39.9 Å². The van der Waals surface area contributed by atoms with Crippen LogP contribution in [0.4, 0.5) is 19.0 Å². The molecule has 1 atom stereocenters. The molecule has 0 radical (unpaired) electrons. The number of carbonyl (C=O) groups excluding carboxylic acids is 1. The van der Waals surface area contributed by atoms with Crippen LogP contribution in [0.5, 0.6) is 5.88 Å². The topological polar surface area (TPSA) is 102 Å². The van der Waals surface area contributed by atoms with E-state index in [1.807, 2.05) is 0 Å². The predicted octanol–water partition coefficient (Wildman–Crippen LogP) is 4.22. The maximum atomic E-state index is 12.7. The van der Waals surface area contributed by atoms with Gasteiger partial charge in [-0.15, -0.1) is 0 Å². The normalized spacial score (nSPS) is 13.3. The first-order valence-corrected chi connectivity index (χ1v) is 9.73. The van der Waals surface area contributed by atoms with Crippen LogP contribution in [0.2, 0.25) is 5.02 Å². The molecule has 2 rings (SSSR count). The van der Waals surface area contributed by atoms with Crippen LogP contribution in [0.25, 0.3) is 0 Å². The van der Waals surface area contributed by atoms with Gasteiger partial charge in [0.15, 0.2) is 0 Å². The Kier molecular flexibility index (Phi) is 7.83.